The van der Waals surface area contributed by atoms with Gasteiger partial charge >= 0.3 is 12.0 Å². The van der Waals surface area contributed by atoms with Crippen molar-refractivity contribution in [2.75, 3.05) is 13.7 Å². The predicted molar refractivity (Wildman–Crippen MR) is 86.0 cm³/mol. The molecule has 0 aliphatic heterocycles. The van der Waals surface area contributed by atoms with E-state index in [-0.39, 0.29) is 12.0 Å². The molecule has 1 heterocycles. The Morgan fingerprint density at radius 1 is 1.18 bits per heavy atom. The third-order valence-corrected chi connectivity index (χ3v) is 3.97. The van der Waals surface area contributed by atoms with Crippen molar-refractivity contribution in [3.63, 3.8) is 0 Å². The maximum Gasteiger partial charge on any atom is 0.337 e. The summed E-state index contributed by atoms with van der Waals surface area (Å²) in [5.41, 5.74) is 1.32. The number of carbonyl (C=O) groups is 2. The highest BCUT2D eigenvalue weighted by Gasteiger charge is 2.06. The van der Waals surface area contributed by atoms with Gasteiger partial charge in [-0.15, -0.1) is 11.3 Å². The quantitative estimate of drug-likeness (QED) is 0.805. The van der Waals surface area contributed by atoms with Crippen LogP contribution in [0.2, 0.25) is 0 Å². The van der Waals surface area contributed by atoms with Crippen molar-refractivity contribution in [3.8, 4) is 0 Å². The van der Waals surface area contributed by atoms with Crippen molar-refractivity contribution < 1.29 is 14.3 Å². The average Bonchev–Trinajstić information content (AvgIpc) is 3.06. The molecule has 2 aromatic rings. The lowest BCUT2D eigenvalue weighted by Crippen LogP contribution is -2.36. The van der Waals surface area contributed by atoms with E-state index in [4.69, 9.17) is 0 Å². The van der Waals surface area contributed by atoms with Gasteiger partial charge in [-0.25, -0.2) is 9.59 Å². The molecule has 0 saturated heterocycles. The van der Waals surface area contributed by atoms with Crippen LogP contribution in [0.1, 0.15) is 20.8 Å². The van der Waals surface area contributed by atoms with Crippen molar-refractivity contribution in [1.29, 1.82) is 0 Å². The molecular weight excluding hydrogens is 300 g/mol. The van der Waals surface area contributed by atoms with Gasteiger partial charge < -0.3 is 15.4 Å². The summed E-state index contributed by atoms with van der Waals surface area (Å²) < 4.78 is 4.67. The Hall–Kier alpha value is -2.34. The zero-order valence-electron chi connectivity index (χ0n) is 12.3. The summed E-state index contributed by atoms with van der Waals surface area (Å²) in [4.78, 5) is 24.4. The fourth-order valence-corrected chi connectivity index (χ4v) is 2.63. The zero-order chi connectivity index (χ0) is 15.8. The molecule has 2 N–H and O–H groups in total. The van der Waals surface area contributed by atoms with Crippen molar-refractivity contribution in [3.05, 3.63) is 57.8 Å². The Labute approximate surface area is 133 Å². The predicted octanol–water partition coefficient (Wildman–Crippen LogP) is 2.58. The van der Waals surface area contributed by atoms with Crippen LogP contribution in [0, 0.1) is 0 Å². The maximum absolute atomic E-state index is 11.7. The van der Waals surface area contributed by atoms with Gasteiger partial charge in [0.2, 0.25) is 0 Å². The van der Waals surface area contributed by atoms with Gasteiger partial charge in [-0.3, -0.25) is 0 Å². The van der Waals surface area contributed by atoms with Gasteiger partial charge in [0.05, 0.1) is 12.7 Å². The molecule has 0 bridgehead atoms. The third kappa shape index (κ3) is 4.89. The maximum atomic E-state index is 11.7. The zero-order valence-corrected chi connectivity index (χ0v) is 13.1. The minimum absolute atomic E-state index is 0.222. The van der Waals surface area contributed by atoms with Gasteiger partial charge in [0.25, 0.3) is 0 Å². The molecule has 0 fully saturated rings. The number of nitrogens with one attached hydrogen (secondary N) is 2. The summed E-state index contributed by atoms with van der Waals surface area (Å²) in [7, 11) is 1.34. The molecule has 0 atom stereocenters. The lowest BCUT2D eigenvalue weighted by atomic mass is 10.1. The first-order valence-corrected chi connectivity index (χ1v) is 7.78. The van der Waals surface area contributed by atoms with E-state index in [0.717, 1.165) is 12.0 Å². The highest BCUT2D eigenvalue weighted by Crippen LogP contribution is 2.08. The van der Waals surface area contributed by atoms with Crippen LogP contribution in [-0.4, -0.2) is 25.7 Å². The number of ether oxygens (including phenoxy) is 1. The highest BCUT2D eigenvalue weighted by atomic mass is 32.1. The molecule has 0 radical (unpaired) electrons. The van der Waals surface area contributed by atoms with E-state index in [1.165, 1.54) is 12.0 Å². The fraction of sp³-hybridized carbons (Fsp3) is 0.250. The second-order valence-corrected chi connectivity index (χ2v) is 5.66. The summed E-state index contributed by atoms with van der Waals surface area (Å²) in [6.07, 6.45) is 0.822. The van der Waals surface area contributed by atoms with Gasteiger partial charge in [0.1, 0.15) is 0 Å². The van der Waals surface area contributed by atoms with Crippen LogP contribution >= 0.6 is 11.3 Å². The van der Waals surface area contributed by atoms with Gasteiger partial charge in [-0.1, -0.05) is 18.2 Å². The second kappa shape index (κ2) is 8.19. The molecule has 0 unspecified atom stereocenters. The van der Waals surface area contributed by atoms with Crippen molar-refractivity contribution in [2.24, 2.45) is 0 Å². The van der Waals surface area contributed by atoms with Crippen molar-refractivity contribution in [1.82, 2.24) is 10.6 Å². The SMILES string of the molecule is COC(=O)c1cccc(CNC(=O)NCCc2cccs2)c1. The number of esters is 1. The van der Waals surface area contributed by atoms with Crippen LogP contribution in [0.5, 0.6) is 0 Å². The van der Waals surface area contributed by atoms with Gasteiger partial charge in [-0.05, 0) is 35.6 Å². The van der Waals surface area contributed by atoms with Crippen molar-refractivity contribution in [2.45, 2.75) is 13.0 Å². The molecule has 2 rings (SSSR count). The number of benzene rings is 1. The van der Waals surface area contributed by atoms with Crippen LogP contribution in [0.15, 0.2) is 41.8 Å². The molecule has 2 amide bonds. The van der Waals surface area contributed by atoms with Gasteiger partial charge in [0, 0.05) is 18.0 Å². The van der Waals surface area contributed by atoms with Crippen LogP contribution in [-0.2, 0) is 17.7 Å². The molecule has 5 nitrogen and oxygen atoms in total. The second-order valence-electron chi connectivity index (χ2n) is 4.63. The third-order valence-electron chi connectivity index (χ3n) is 3.04. The highest BCUT2D eigenvalue weighted by molar-refractivity contribution is 7.09. The van der Waals surface area contributed by atoms with Crippen LogP contribution in [0.25, 0.3) is 0 Å². The lowest BCUT2D eigenvalue weighted by Gasteiger charge is -2.08. The molecule has 1 aromatic heterocycles. The molecule has 22 heavy (non-hydrogen) atoms. The smallest absolute Gasteiger partial charge is 0.337 e. The van der Waals surface area contributed by atoms with Crippen LogP contribution in [0.4, 0.5) is 4.79 Å². The van der Waals surface area contributed by atoms with E-state index in [2.05, 4.69) is 15.4 Å². The van der Waals surface area contributed by atoms with E-state index < -0.39 is 0 Å². The summed E-state index contributed by atoms with van der Waals surface area (Å²) in [6.45, 7) is 0.949. The minimum Gasteiger partial charge on any atom is -0.465 e. The number of thiophene rings is 1. The Balaban J connectivity index is 1.75. The number of carbonyl (C=O) groups excluding carboxylic acids is 2. The Kier molecular flexibility index (Phi) is 5.97. The topological polar surface area (TPSA) is 67.4 Å². The number of methoxy groups -OCH3 is 1. The van der Waals surface area contributed by atoms with E-state index in [9.17, 15) is 9.59 Å². The number of hydrogen-bond acceptors (Lipinski definition) is 4. The molecule has 0 aliphatic carbocycles. The number of amides is 2. The normalized spacial score (nSPS) is 10.0. The summed E-state index contributed by atoms with van der Waals surface area (Å²) >= 11 is 1.68. The van der Waals surface area contributed by atoms with E-state index >= 15 is 0 Å². The van der Waals surface area contributed by atoms with E-state index in [0.29, 0.717) is 18.7 Å². The molecule has 0 aliphatic rings. The lowest BCUT2D eigenvalue weighted by molar-refractivity contribution is 0.0600. The molecule has 6 heteroatoms. The van der Waals surface area contributed by atoms with Gasteiger partial charge in [0.15, 0.2) is 0 Å². The van der Waals surface area contributed by atoms with Crippen LogP contribution < -0.4 is 10.6 Å². The Morgan fingerprint density at radius 2 is 2.05 bits per heavy atom. The van der Waals surface area contributed by atoms with Crippen molar-refractivity contribution >= 4 is 23.3 Å². The monoisotopic (exact) mass is 318 g/mol. The summed E-state index contributed by atoms with van der Waals surface area (Å²) in [6, 6.07) is 10.8. The number of urea groups is 1. The summed E-state index contributed by atoms with van der Waals surface area (Å²) in [5.74, 6) is -0.387. The van der Waals surface area contributed by atoms with Crippen LogP contribution in [0.3, 0.4) is 0 Å². The average molecular weight is 318 g/mol. The Morgan fingerprint density at radius 3 is 2.77 bits per heavy atom. The molecule has 116 valence electrons. The van der Waals surface area contributed by atoms with Gasteiger partial charge in [-0.2, -0.15) is 0 Å². The first-order valence-electron chi connectivity index (χ1n) is 6.90. The fourth-order valence-electron chi connectivity index (χ4n) is 1.93. The molecular formula is C16H18N2O3S. The van der Waals surface area contributed by atoms with E-state index in [1.807, 2.05) is 23.6 Å². The Bertz CT molecular complexity index is 626. The molecule has 0 saturated carbocycles. The number of hydrogen-bond donors (Lipinski definition) is 2. The number of rotatable bonds is 6. The first-order chi connectivity index (χ1) is 10.7. The molecule has 0 spiro atoms. The largest absolute Gasteiger partial charge is 0.465 e. The first kappa shape index (κ1) is 16.0. The summed E-state index contributed by atoms with van der Waals surface area (Å²) in [5, 5.41) is 7.59. The van der Waals surface area contributed by atoms with E-state index in [1.54, 1.807) is 29.5 Å². The minimum atomic E-state index is -0.387. The standard InChI is InChI=1S/C16H18N2O3S/c1-21-15(19)13-5-2-4-12(10-13)11-18-16(20)17-8-7-14-6-3-9-22-14/h2-6,9-10H,7-8,11H2,1H3,(H2,17,18,20). The molecule has 1 aromatic carbocycles.